The molecule has 1 aromatic carbocycles. The molecule has 1 aromatic rings. The molecule has 3 nitrogen and oxygen atoms in total. The molecule has 0 spiro atoms. The fraction of sp³-hybridized carbons (Fsp3) is 0.600. The molecule has 0 amide bonds. The second-order valence-corrected chi connectivity index (χ2v) is 5.85. The average molecular weight is 249 g/mol. The van der Waals surface area contributed by atoms with Gasteiger partial charge in [-0.15, -0.1) is 0 Å². The van der Waals surface area contributed by atoms with Gasteiger partial charge in [-0.1, -0.05) is 6.07 Å². The molecule has 1 aliphatic rings. The molecule has 0 saturated carbocycles. The van der Waals surface area contributed by atoms with E-state index >= 15 is 0 Å². The lowest BCUT2D eigenvalue weighted by atomic mass is 9.96. The summed E-state index contributed by atoms with van der Waals surface area (Å²) in [5.74, 6) is 1.26. The molecule has 1 saturated heterocycles. The molecule has 0 aromatic heterocycles. The third-order valence-electron chi connectivity index (χ3n) is 3.84. The highest BCUT2D eigenvalue weighted by Gasteiger charge is 2.39. The van der Waals surface area contributed by atoms with Crippen LogP contribution < -0.4 is 9.64 Å². The van der Waals surface area contributed by atoms with Gasteiger partial charge in [0, 0.05) is 24.6 Å². The first-order valence-electron chi connectivity index (χ1n) is 6.51. The molecular weight excluding hydrogens is 226 g/mol. The van der Waals surface area contributed by atoms with Crippen LogP contribution in [0.5, 0.6) is 5.75 Å². The summed E-state index contributed by atoms with van der Waals surface area (Å²) in [6.45, 7) is 7.70. The standard InChI is InChI=1S/C15H23NO2/c1-11-5-6-14(18-4)13(7-11)16-9-12(10-17)8-15(16,2)3/h5-7,12,17H,8-10H2,1-4H3. The Balaban J connectivity index is 2.39. The first-order chi connectivity index (χ1) is 8.47. The van der Waals surface area contributed by atoms with Gasteiger partial charge in [-0.05, 0) is 44.9 Å². The van der Waals surface area contributed by atoms with Crippen molar-refractivity contribution in [1.82, 2.24) is 0 Å². The number of anilines is 1. The number of methoxy groups -OCH3 is 1. The fourth-order valence-corrected chi connectivity index (χ4v) is 2.94. The van der Waals surface area contributed by atoms with Crippen LogP contribution in [0.3, 0.4) is 0 Å². The maximum Gasteiger partial charge on any atom is 0.142 e. The normalized spacial score (nSPS) is 22.3. The fourth-order valence-electron chi connectivity index (χ4n) is 2.94. The number of nitrogens with zero attached hydrogens (tertiary/aromatic N) is 1. The van der Waals surface area contributed by atoms with Crippen LogP contribution in [0.15, 0.2) is 18.2 Å². The summed E-state index contributed by atoms with van der Waals surface area (Å²) >= 11 is 0. The van der Waals surface area contributed by atoms with Gasteiger partial charge in [0.15, 0.2) is 0 Å². The number of aryl methyl sites for hydroxylation is 1. The van der Waals surface area contributed by atoms with Crippen molar-refractivity contribution >= 4 is 5.69 Å². The van der Waals surface area contributed by atoms with Crippen LogP contribution in [0.2, 0.25) is 0 Å². The molecule has 100 valence electrons. The number of hydrogen-bond donors (Lipinski definition) is 1. The van der Waals surface area contributed by atoms with Crippen LogP contribution in [0, 0.1) is 12.8 Å². The van der Waals surface area contributed by atoms with Crippen LogP contribution >= 0.6 is 0 Å². The maximum atomic E-state index is 9.39. The largest absolute Gasteiger partial charge is 0.495 e. The quantitative estimate of drug-likeness (QED) is 0.893. The van der Waals surface area contributed by atoms with Gasteiger partial charge in [0.25, 0.3) is 0 Å². The lowest BCUT2D eigenvalue weighted by molar-refractivity contribution is 0.232. The van der Waals surface area contributed by atoms with Gasteiger partial charge in [0.1, 0.15) is 5.75 Å². The van der Waals surface area contributed by atoms with Gasteiger partial charge in [0.2, 0.25) is 0 Å². The third-order valence-corrected chi connectivity index (χ3v) is 3.84. The van der Waals surface area contributed by atoms with Crippen molar-refractivity contribution in [2.75, 3.05) is 25.2 Å². The molecule has 3 heteroatoms. The van der Waals surface area contributed by atoms with Crippen molar-refractivity contribution in [1.29, 1.82) is 0 Å². The first kappa shape index (κ1) is 13.2. The monoisotopic (exact) mass is 249 g/mol. The predicted octanol–water partition coefficient (Wildman–Crippen LogP) is 2.60. The highest BCUT2D eigenvalue weighted by molar-refractivity contribution is 5.62. The van der Waals surface area contributed by atoms with Crippen molar-refractivity contribution in [3.05, 3.63) is 23.8 Å². The van der Waals surface area contributed by atoms with E-state index in [1.165, 1.54) is 5.56 Å². The first-order valence-corrected chi connectivity index (χ1v) is 6.51. The van der Waals surface area contributed by atoms with E-state index in [1.54, 1.807) is 7.11 Å². The summed E-state index contributed by atoms with van der Waals surface area (Å²) in [6, 6.07) is 6.25. The molecule has 0 bridgehead atoms. The number of hydrogen-bond acceptors (Lipinski definition) is 3. The van der Waals surface area contributed by atoms with Crippen LogP contribution in [0.4, 0.5) is 5.69 Å². The molecule has 18 heavy (non-hydrogen) atoms. The Morgan fingerprint density at radius 2 is 2.17 bits per heavy atom. The summed E-state index contributed by atoms with van der Waals surface area (Å²) in [7, 11) is 1.71. The Kier molecular flexibility index (Phi) is 3.53. The van der Waals surface area contributed by atoms with Crippen molar-refractivity contribution < 1.29 is 9.84 Å². The zero-order valence-electron chi connectivity index (χ0n) is 11.7. The van der Waals surface area contributed by atoms with E-state index in [1.807, 2.05) is 6.07 Å². The lowest BCUT2D eigenvalue weighted by Crippen LogP contribution is -2.38. The Morgan fingerprint density at radius 3 is 2.72 bits per heavy atom. The van der Waals surface area contributed by atoms with Crippen LogP contribution in [0.25, 0.3) is 0 Å². The molecule has 0 aliphatic carbocycles. The Hall–Kier alpha value is -1.22. The van der Waals surface area contributed by atoms with E-state index in [0.717, 1.165) is 24.4 Å². The number of ether oxygens (including phenoxy) is 1. The smallest absolute Gasteiger partial charge is 0.142 e. The second kappa shape index (κ2) is 4.81. The van der Waals surface area contributed by atoms with E-state index in [-0.39, 0.29) is 12.1 Å². The lowest BCUT2D eigenvalue weighted by Gasteiger charge is -2.34. The van der Waals surface area contributed by atoms with Gasteiger partial charge < -0.3 is 14.7 Å². The minimum atomic E-state index is 0.0640. The molecule has 1 N–H and O–H groups in total. The summed E-state index contributed by atoms with van der Waals surface area (Å²) in [4.78, 5) is 2.36. The van der Waals surface area contributed by atoms with Crippen LogP contribution in [-0.4, -0.2) is 30.9 Å². The van der Waals surface area contributed by atoms with Gasteiger partial charge in [-0.25, -0.2) is 0 Å². The SMILES string of the molecule is COc1ccc(C)cc1N1CC(CO)CC1(C)C. The molecule has 1 fully saturated rings. The average Bonchev–Trinajstić information content (AvgIpc) is 2.64. The maximum absolute atomic E-state index is 9.39. The number of rotatable bonds is 3. The number of aliphatic hydroxyl groups is 1. The number of benzene rings is 1. The molecule has 1 unspecified atom stereocenters. The third kappa shape index (κ3) is 2.32. The molecule has 1 aliphatic heterocycles. The highest BCUT2D eigenvalue weighted by Crippen LogP contribution is 2.41. The van der Waals surface area contributed by atoms with Gasteiger partial charge in [0.05, 0.1) is 12.8 Å². The minimum absolute atomic E-state index is 0.0640. The molecule has 0 radical (unpaired) electrons. The number of aliphatic hydroxyl groups excluding tert-OH is 1. The highest BCUT2D eigenvalue weighted by atomic mass is 16.5. The topological polar surface area (TPSA) is 32.7 Å². The van der Waals surface area contributed by atoms with Crippen molar-refractivity contribution in [3.63, 3.8) is 0 Å². The second-order valence-electron chi connectivity index (χ2n) is 5.85. The van der Waals surface area contributed by atoms with E-state index in [4.69, 9.17) is 4.74 Å². The van der Waals surface area contributed by atoms with E-state index < -0.39 is 0 Å². The minimum Gasteiger partial charge on any atom is -0.495 e. The summed E-state index contributed by atoms with van der Waals surface area (Å²) < 4.78 is 5.47. The van der Waals surface area contributed by atoms with Gasteiger partial charge >= 0.3 is 0 Å². The summed E-state index contributed by atoms with van der Waals surface area (Å²) in [5.41, 5.74) is 2.43. The van der Waals surface area contributed by atoms with E-state index in [9.17, 15) is 5.11 Å². The molecular formula is C15H23NO2. The van der Waals surface area contributed by atoms with E-state index in [0.29, 0.717) is 5.92 Å². The van der Waals surface area contributed by atoms with Crippen LogP contribution in [-0.2, 0) is 0 Å². The zero-order chi connectivity index (χ0) is 13.3. The van der Waals surface area contributed by atoms with Gasteiger partial charge in [-0.2, -0.15) is 0 Å². The Labute approximate surface area is 109 Å². The molecule has 1 atom stereocenters. The summed E-state index contributed by atoms with van der Waals surface area (Å²) in [5, 5.41) is 9.39. The van der Waals surface area contributed by atoms with Crippen molar-refractivity contribution in [2.24, 2.45) is 5.92 Å². The Morgan fingerprint density at radius 1 is 1.44 bits per heavy atom. The molecule has 2 rings (SSSR count). The predicted molar refractivity (Wildman–Crippen MR) is 74.3 cm³/mol. The Bertz CT molecular complexity index is 429. The molecule has 1 heterocycles. The van der Waals surface area contributed by atoms with Gasteiger partial charge in [-0.3, -0.25) is 0 Å². The van der Waals surface area contributed by atoms with Crippen molar-refractivity contribution in [2.45, 2.75) is 32.7 Å². The van der Waals surface area contributed by atoms with Crippen LogP contribution in [0.1, 0.15) is 25.8 Å². The van der Waals surface area contributed by atoms with Crippen molar-refractivity contribution in [3.8, 4) is 5.75 Å². The van der Waals surface area contributed by atoms with E-state index in [2.05, 4.69) is 37.8 Å². The summed E-state index contributed by atoms with van der Waals surface area (Å²) in [6.07, 6.45) is 1.01. The zero-order valence-corrected chi connectivity index (χ0v) is 11.7.